The molecular weight excluding hydrogens is 384 g/mol. The molecule has 2 aromatic carbocycles. The van der Waals surface area contributed by atoms with E-state index in [1.165, 1.54) is 5.69 Å². The van der Waals surface area contributed by atoms with E-state index in [0.717, 1.165) is 31.6 Å². The minimum atomic E-state index is -4.61. The average Bonchev–Trinajstić information content (AvgIpc) is 3.18. The number of nitrogens with zero attached hydrogens (tertiary/aromatic N) is 2. The molecule has 8 heteroatoms. The second-order valence-corrected chi connectivity index (χ2v) is 7.04. The van der Waals surface area contributed by atoms with E-state index in [2.05, 4.69) is 32.7 Å². The van der Waals surface area contributed by atoms with Crippen LogP contribution in [0, 0.1) is 11.7 Å². The first kappa shape index (κ1) is 21.0. The summed E-state index contributed by atoms with van der Waals surface area (Å²) >= 11 is 0. The summed E-state index contributed by atoms with van der Waals surface area (Å²) in [4.78, 5) is 6.39. The van der Waals surface area contributed by atoms with Crippen LogP contribution in [0.15, 0.2) is 53.5 Å². The van der Waals surface area contributed by atoms with Crippen LogP contribution in [0.3, 0.4) is 0 Å². The zero-order chi connectivity index (χ0) is 20.9. The predicted molar refractivity (Wildman–Crippen MR) is 106 cm³/mol. The summed E-state index contributed by atoms with van der Waals surface area (Å²) in [5.41, 5.74) is 0.182. The van der Waals surface area contributed by atoms with Crippen LogP contribution in [0.25, 0.3) is 0 Å². The van der Waals surface area contributed by atoms with E-state index in [9.17, 15) is 17.6 Å². The van der Waals surface area contributed by atoms with Crippen molar-refractivity contribution in [2.45, 2.75) is 19.1 Å². The molecule has 1 aliphatic rings. The number of alkyl halides is 3. The van der Waals surface area contributed by atoms with Gasteiger partial charge in [-0.05, 0) is 42.2 Å². The highest BCUT2D eigenvalue weighted by molar-refractivity contribution is 5.79. The molecule has 0 bridgehead atoms. The van der Waals surface area contributed by atoms with Gasteiger partial charge in [-0.3, -0.25) is 4.99 Å². The molecule has 0 radical (unpaired) electrons. The molecule has 4 nitrogen and oxygen atoms in total. The Balaban J connectivity index is 1.52. The Bertz CT molecular complexity index is 836. The second-order valence-electron chi connectivity index (χ2n) is 7.04. The topological polar surface area (TPSA) is 39.7 Å². The van der Waals surface area contributed by atoms with Gasteiger partial charge >= 0.3 is 6.18 Å². The highest BCUT2D eigenvalue weighted by Gasteiger charge is 2.33. The van der Waals surface area contributed by atoms with Crippen molar-refractivity contribution in [3.05, 3.63) is 65.5 Å². The van der Waals surface area contributed by atoms with Crippen molar-refractivity contribution < 1.29 is 17.6 Å². The van der Waals surface area contributed by atoms with Crippen LogP contribution < -0.4 is 15.5 Å². The highest BCUT2D eigenvalue weighted by atomic mass is 19.4. The third-order valence-corrected chi connectivity index (χ3v) is 5.01. The number of para-hydroxylation sites is 1. The molecular formula is C21H24F4N4. The second kappa shape index (κ2) is 9.15. The summed E-state index contributed by atoms with van der Waals surface area (Å²) in [6, 6.07) is 12.9. The Morgan fingerprint density at radius 2 is 1.90 bits per heavy atom. The fourth-order valence-electron chi connectivity index (χ4n) is 3.48. The molecule has 1 fully saturated rings. The van der Waals surface area contributed by atoms with Crippen LogP contribution in [0.4, 0.5) is 23.2 Å². The van der Waals surface area contributed by atoms with Gasteiger partial charge in [-0.1, -0.05) is 24.3 Å². The van der Waals surface area contributed by atoms with Crippen LogP contribution in [-0.2, 0) is 12.7 Å². The molecule has 0 saturated carbocycles. The molecule has 29 heavy (non-hydrogen) atoms. The molecule has 0 aliphatic carbocycles. The van der Waals surface area contributed by atoms with Crippen molar-refractivity contribution in [2.75, 3.05) is 31.6 Å². The number of anilines is 1. The number of guanidine groups is 1. The summed E-state index contributed by atoms with van der Waals surface area (Å²) < 4.78 is 52.6. The third-order valence-electron chi connectivity index (χ3n) is 5.01. The number of nitrogens with one attached hydrogen (secondary N) is 2. The molecule has 1 aliphatic heterocycles. The number of hydrogen-bond donors (Lipinski definition) is 2. The standard InChI is InChI=1S/C21H24F4N4/c1-26-20(28-13-16-7-8-17(22)11-19(16)21(23,24)25)27-12-15-9-10-29(14-15)18-5-3-2-4-6-18/h2-8,11,15H,9-10,12-14H2,1H3,(H2,26,27,28). The molecule has 1 unspecified atom stereocenters. The third kappa shape index (κ3) is 5.62. The molecule has 156 valence electrons. The minimum Gasteiger partial charge on any atom is -0.371 e. The van der Waals surface area contributed by atoms with Gasteiger partial charge < -0.3 is 15.5 Å². The van der Waals surface area contributed by atoms with Gasteiger partial charge in [0.15, 0.2) is 5.96 Å². The number of hydrogen-bond acceptors (Lipinski definition) is 2. The molecule has 0 spiro atoms. The number of rotatable bonds is 5. The zero-order valence-corrected chi connectivity index (χ0v) is 16.1. The fraction of sp³-hybridized carbons (Fsp3) is 0.381. The van der Waals surface area contributed by atoms with E-state index in [1.54, 1.807) is 7.05 Å². The monoisotopic (exact) mass is 408 g/mol. The van der Waals surface area contributed by atoms with Gasteiger partial charge in [0.05, 0.1) is 5.56 Å². The Morgan fingerprint density at radius 1 is 1.14 bits per heavy atom. The number of benzene rings is 2. The van der Waals surface area contributed by atoms with Crippen molar-refractivity contribution in [1.29, 1.82) is 0 Å². The average molecular weight is 408 g/mol. The minimum absolute atomic E-state index is 0.0297. The van der Waals surface area contributed by atoms with E-state index >= 15 is 0 Å². The summed E-state index contributed by atoms with van der Waals surface area (Å²) in [5.74, 6) is -0.0845. The smallest absolute Gasteiger partial charge is 0.371 e. The maximum absolute atomic E-state index is 13.2. The van der Waals surface area contributed by atoms with E-state index in [-0.39, 0.29) is 12.1 Å². The fourth-order valence-corrected chi connectivity index (χ4v) is 3.48. The Labute approximate surface area is 167 Å². The van der Waals surface area contributed by atoms with E-state index in [1.807, 2.05) is 18.2 Å². The summed E-state index contributed by atoms with van der Waals surface area (Å²) in [5, 5.41) is 6.07. The molecule has 3 rings (SSSR count). The molecule has 2 aromatic rings. The quantitative estimate of drug-likeness (QED) is 0.446. The maximum atomic E-state index is 13.2. The Hall–Kier alpha value is -2.77. The molecule has 1 atom stereocenters. The summed E-state index contributed by atoms with van der Waals surface area (Å²) in [7, 11) is 1.57. The Morgan fingerprint density at radius 3 is 2.59 bits per heavy atom. The normalized spacial score (nSPS) is 17.5. The molecule has 0 amide bonds. The van der Waals surface area contributed by atoms with Crippen molar-refractivity contribution in [3.63, 3.8) is 0 Å². The first-order valence-electron chi connectivity index (χ1n) is 9.47. The number of aliphatic imine (C=N–C) groups is 1. The number of halogens is 4. The first-order chi connectivity index (χ1) is 13.9. The molecule has 1 saturated heterocycles. The highest BCUT2D eigenvalue weighted by Crippen LogP contribution is 2.32. The van der Waals surface area contributed by atoms with Crippen molar-refractivity contribution >= 4 is 11.6 Å². The van der Waals surface area contributed by atoms with Gasteiger partial charge in [-0.2, -0.15) is 13.2 Å². The van der Waals surface area contributed by atoms with Gasteiger partial charge in [-0.25, -0.2) is 4.39 Å². The van der Waals surface area contributed by atoms with Gasteiger partial charge in [0, 0.05) is 38.9 Å². The summed E-state index contributed by atoms with van der Waals surface area (Å²) in [6.45, 7) is 2.44. The van der Waals surface area contributed by atoms with Crippen LogP contribution in [0.1, 0.15) is 17.5 Å². The van der Waals surface area contributed by atoms with Gasteiger partial charge in [0.2, 0.25) is 0 Å². The van der Waals surface area contributed by atoms with Crippen molar-refractivity contribution in [3.8, 4) is 0 Å². The lowest BCUT2D eigenvalue weighted by atomic mass is 10.1. The molecule has 1 heterocycles. The Kier molecular flexibility index (Phi) is 6.61. The largest absolute Gasteiger partial charge is 0.416 e. The van der Waals surface area contributed by atoms with Crippen LogP contribution >= 0.6 is 0 Å². The van der Waals surface area contributed by atoms with Crippen molar-refractivity contribution in [2.24, 2.45) is 10.9 Å². The zero-order valence-electron chi connectivity index (χ0n) is 16.1. The van der Waals surface area contributed by atoms with Crippen LogP contribution in [-0.4, -0.2) is 32.6 Å². The van der Waals surface area contributed by atoms with Crippen molar-refractivity contribution in [1.82, 2.24) is 10.6 Å². The SMILES string of the molecule is CN=C(NCc1ccc(F)cc1C(F)(F)F)NCC1CCN(c2ccccc2)C1. The lowest BCUT2D eigenvalue weighted by Gasteiger charge is -2.20. The summed E-state index contributed by atoms with van der Waals surface area (Å²) in [6.07, 6.45) is -3.59. The van der Waals surface area contributed by atoms with Crippen LogP contribution in [0.2, 0.25) is 0 Å². The van der Waals surface area contributed by atoms with Gasteiger partial charge in [0.25, 0.3) is 0 Å². The van der Waals surface area contributed by atoms with E-state index in [4.69, 9.17) is 0 Å². The predicted octanol–water partition coefficient (Wildman–Crippen LogP) is 4.04. The lowest BCUT2D eigenvalue weighted by molar-refractivity contribution is -0.138. The van der Waals surface area contributed by atoms with Crippen LogP contribution in [0.5, 0.6) is 0 Å². The van der Waals surface area contributed by atoms with Gasteiger partial charge in [0.1, 0.15) is 5.82 Å². The van der Waals surface area contributed by atoms with E-state index in [0.29, 0.717) is 24.5 Å². The molecule has 0 aromatic heterocycles. The van der Waals surface area contributed by atoms with Gasteiger partial charge in [-0.15, -0.1) is 0 Å². The first-order valence-corrected chi connectivity index (χ1v) is 9.47. The molecule has 2 N–H and O–H groups in total. The lowest BCUT2D eigenvalue weighted by Crippen LogP contribution is -2.40. The maximum Gasteiger partial charge on any atom is 0.416 e. The van der Waals surface area contributed by atoms with E-state index < -0.39 is 17.6 Å².